The molecule has 19 heavy (non-hydrogen) atoms. The van der Waals surface area contributed by atoms with E-state index in [1.165, 1.54) is 22.3 Å². The van der Waals surface area contributed by atoms with Gasteiger partial charge in [-0.2, -0.15) is 0 Å². The zero-order chi connectivity index (χ0) is 13.7. The molecule has 1 atom stereocenters. The lowest BCUT2D eigenvalue weighted by Crippen LogP contribution is -2.23. The average Bonchev–Trinajstić information content (AvgIpc) is 2.39. The Morgan fingerprint density at radius 1 is 1.00 bits per heavy atom. The molecule has 0 bridgehead atoms. The van der Waals surface area contributed by atoms with Crippen molar-refractivity contribution in [1.82, 2.24) is 0 Å². The van der Waals surface area contributed by atoms with E-state index in [-0.39, 0.29) is 6.04 Å². The second-order valence-corrected chi connectivity index (χ2v) is 5.42. The van der Waals surface area contributed by atoms with E-state index in [4.69, 9.17) is 5.73 Å². The zero-order valence-electron chi connectivity index (χ0n) is 11.9. The summed E-state index contributed by atoms with van der Waals surface area (Å²) >= 11 is 0. The first-order chi connectivity index (χ1) is 9.15. The maximum absolute atomic E-state index is 6.26. The summed E-state index contributed by atoms with van der Waals surface area (Å²) in [5, 5.41) is 0. The van der Waals surface area contributed by atoms with E-state index >= 15 is 0 Å². The third-order valence-corrected chi connectivity index (χ3v) is 3.63. The van der Waals surface area contributed by atoms with Crippen molar-refractivity contribution in [3.05, 3.63) is 70.8 Å². The highest BCUT2D eigenvalue weighted by molar-refractivity contribution is 5.26. The van der Waals surface area contributed by atoms with Gasteiger partial charge in [-0.05, 0) is 49.8 Å². The summed E-state index contributed by atoms with van der Waals surface area (Å²) in [6, 6.07) is 17.4. The molecule has 0 fully saturated rings. The fourth-order valence-electron chi connectivity index (χ4n) is 2.44. The van der Waals surface area contributed by atoms with Gasteiger partial charge in [-0.1, -0.05) is 54.1 Å². The Labute approximate surface area is 116 Å². The molecule has 2 rings (SSSR count). The minimum atomic E-state index is 0.238. The molecule has 2 aromatic rings. The van der Waals surface area contributed by atoms with Gasteiger partial charge in [0.15, 0.2) is 0 Å². The molecule has 2 aromatic carbocycles. The molecule has 0 radical (unpaired) electrons. The van der Waals surface area contributed by atoms with Crippen LogP contribution in [0.2, 0.25) is 0 Å². The molecule has 2 N–H and O–H groups in total. The van der Waals surface area contributed by atoms with E-state index in [9.17, 15) is 0 Å². The van der Waals surface area contributed by atoms with Crippen LogP contribution in [0.1, 0.15) is 28.7 Å². The Kier molecular flexibility index (Phi) is 4.75. The Morgan fingerprint density at radius 2 is 1.79 bits per heavy atom. The highest BCUT2D eigenvalue weighted by Crippen LogP contribution is 2.13. The molecule has 0 aromatic heterocycles. The van der Waals surface area contributed by atoms with Crippen molar-refractivity contribution in [2.45, 2.75) is 39.2 Å². The molecular formula is C18H23N. The molecule has 1 unspecified atom stereocenters. The van der Waals surface area contributed by atoms with Crippen LogP contribution in [-0.2, 0) is 12.8 Å². The van der Waals surface area contributed by atoms with E-state index in [1.807, 2.05) is 0 Å². The van der Waals surface area contributed by atoms with Crippen molar-refractivity contribution in [2.75, 3.05) is 0 Å². The van der Waals surface area contributed by atoms with E-state index in [1.54, 1.807) is 0 Å². The average molecular weight is 253 g/mol. The number of aryl methyl sites for hydroxylation is 3. The fraction of sp³-hybridized carbons (Fsp3) is 0.333. The summed E-state index contributed by atoms with van der Waals surface area (Å²) in [7, 11) is 0. The van der Waals surface area contributed by atoms with Gasteiger partial charge >= 0.3 is 0 Å². The van der Waals surface area contributed by atoms with Gasteiger partial charge in [0.1, 0.15) is 0 Å². The minimum absolute atomic E-state index is 0.238. The molecule has 0 heterocycles. The van der Waals surface area contributed by atoms with Gasteiger partial charge in [-0.3, -0.25) is 0 Å². The highest BCUT2D eigenvalue weighted by atomic mass is 14.6. The molecule has 0 aliphatic rings. The smallest absolute Gasteiger partial charge is 0.00825 e. The van der Waals surface area contributed by atoms with E-state index < -0.39 is 0 Å². The quantitative estimate of drug-likeness (QED) is 0.861. The Bertz CT molecular complexity index is 531. The van der Waals surface area contributed by atoms with E-state index in [0.29, 0.717) is 0 Å². The maximum atomic E-state index is 6.26. The SMILES string of the molecule is Cc1cccc(CCC(N)Cc2ccccc2C)c1. The molecule has 0 saturated carbocycles. The van der Waals surface area contributed by atoms with Crippen molar-refractivity contribution >= 4 is 0 Å². The Morgan fingerprint density at radius 3 is 2.53 bits per heavy atom. The number of hydrogen-bond acceptors (Lipinski definition) is 1. The molecule has 1 heteroatoms. The van der Waals surface area contributed by atoms with Crippen molar-refractivity contribution in [3.8, 4) is 0 Å². The van der Waals surface area contributed by atoms with Crippen molar-refractivity contribution in [3.63, 3.8) is 0 Å². The van der Waals surface area contributed by atoms with Crippen LogP contribution in [0.25, 0.3) is 0 Å². The third kappa shape index (κ3) is 4.22. The molecule has 0 spiro atoms. The lowest BCUT2D eigenvalue weighted by atomic mass is 9.97. The lowest BCUT2D eigenvalue weighted by Gasteiger charge is -2.13. The lowest BCUT2D eigenvalue weighted by molar-refractivity contribution is 0.609. The van der Waals surface area contributed by atoms with Crippen LogP contribution in [0.15, 0.2) is 48.5 Å². The summed E-state index contributed by atoms with van der Waals surface area (Å²) in [6.07, 6.45) is 3.07. The standard InChI is InChI=1S/C18H23N/c1-14-6-5-8-16(12-14)10-11-18(19)13-17-9-4-3-7-15(17)2/h3-9,12,18H,10-11,13,19H2,1-2H3. The number of rotatable bonds is 5. The molecule has 0 saturated heterocycles. The molecular weight excluding hydrogens is 230 g/mol. The van der Waals surface area contributed by atoms with Crippen molar-refractivity contribution < 1.29 is 0 Å². The topological polar surface area (TPSA) is 26.0 Å². The van der Waals surface area contributed by atoms with Crippen molar-refractivity contribution in [2.24, 2.45) is 5.73 Å². The summed E-state index contributed by atoms with van der Waals surface area (Å²) in [6.45, 7) is 4.29. The predicted octanol–water partition coefficient (Wildman–Crippen LogP) is 3.81. The van der Waals surface area contributed by atoms with E-state index in [0.717, 1.165) is 19.3 Å². The fourth-order valence-corrected chi connectivity index (χ4v) is 2.44. The second-order valence-electron chi connectivity index (χ2n) is 5.42. The van der Waals surface area contributed by atoms with Gasteiger partial charge in [0, 0.05) is 6.04 Å². The third-order valence-electron chi connectivity index (χ3n) is 3.63. The van der Waals surface area contributed by atoms with Gasteiger partial charge in [0.05, 0.1) is 0 Å². The number of hydrogen-bond donors (Lipinski definition) is 1. The largest absolute Gasteiger partial charge is 0.327 e. The Hall–Kier alpha value is -1.60. The normalized spacial score (nSPS) is 12.4. The first-order valence-corrected chi connectivity index (χ1v) is 7.01. The monoisotopic (exact) mass is 253 g/mol. The summed E-state index contributed by atoms with van der Waals surface area (Å²) in [5.41, 5.74) is 11.7. The van der Waals surface area contributed by atoms with Gasteiger partial charge < -0.3 is 5.73 Å². The maximum Gasteiger partial charge on any atom is 0.00825 e. The summed E-state index contributed by atoms with van der Waals surface area (Å²) < 4.78 is 0. The number of benzene rings is 2. The zero-order valence-corrected chi connectivity index (χ0v) is 11.9. The molecule has 100 valence electrons. The summed E-state index contributed by atoms with van der Waals surface area (Å²) in [4.78, 5) is 0. The molecule has 1 nitrogen and oxygen atoms in total. The van der Waals surface area contributed by atoms with Gasteiger partial charge in [0.25, 0.3) is 0 Å². The number of nitrogens with two attached hydrogens (primary N) is 1. The van der Waals surface area contributed by atoms with Crippen LogP contribution < -0.4 is 5.73 Å². The molecule has 0 aliphatic carbocycles. The predicted molar refractivity (Wildman–Crippen MR) is 82.4 cm³/mol. The van der Waals surface area contributed by atoms with Gasteiger partial charge in [0.2, 0.25) is 0 Å². The minimum Gasteiger partial charge on any atom is -0.327 e. The van der Waals surface area contributed by atoms with Crippen LogP contribution in [-0.4, -0.2) is 6.04 Å². The van der Waals surface area contributed by atoms with Crippen molar-refractivity contribution in [1.29, 1.82) is 0 Å². The summed E-state index contributed by atoms with van der Waals surface area (Å²) in [5.74, 6) is 0. The van der Waals surface area contributed by atoms with Crippen LogP contribution in [0.4, 0.5) is 0 Å². The van der Waals surface area contributed by atoms with Crippen LogP contribution in [0, 0.1) is 13.8 Å². The second kappa shape index (κ2) is 6.53. The Balaban J connectivity index is 1.88. The van der Waals surface area contributed by atoms with E-state index in [2.05, 4.69) is 62.4 Å². The van der Waals surface area contributed by atoms with Crippen LogP contribution in [0.5, 0.6) is 0 Å². The van der Waals surface area contributed by atoms with Crippen LogP contribution in [0.3, 0.4) is 0 Å². The highest BCUT2D eigenvalue weighted by Gasteiger charge is 2.06. The van der Waals surface area contributed by atoms with Gasteiger partial charge in [-0.15, -0.1) is 0 Å². The van der Waals surface area contributed by atoms with Gasteiger partial charge in [-0.25, -0.2) is 0 Å². The first kappa shape index (κ1) is 13.8. The molecule has 0 amide bonds. The van der Waals surface area contributed by atoms with Crippen LogP contribution >= 0.6 is 0 Å². The first-order valence-electron chi connectivity index (χ1n) is 7.01. The molecule has 0 aliphatic heterocycles.